The third kappa shape index (κ3) is 3.57. The summed E-state index contributed by atoms with van der Waals surface area (Å²) in [5.74, 6) is -0.326. The molecule has 2 N–H and O–H groups in total. The normalized spacial score (nSPS) is 12.5. The zero-order valence-electron chi connectivity index (χ0n) is 9.87. The molecule has 5 nitrogen and oxygen atoms in total. The first-order valence-corrected chi connectivity index (χ1v) is 7.64. The van der Waals surface area contributed by atoms with Gasteiger partial charge >= 0.3 is 0 Å². The Morgan fingerprint density at radius 3 is 2.53 bits per heavy atom. The summed E-state index contributed by atoms with van der Waals surface area (Å²) in [7, 11) is -3.21. The molecule has 0 bridgehead atoms. The maximum atomic E-state index is 11.7. The Morgan fingerprint density at radius 2 is 2.12 bits per heavy atom. The van der Waals surface area contributed by atoms with E-state index >= 15 is 0 Å². The van der Waals surface area contributed by atoms with Crippen LogP contribution in [-0.2, 0) is 9.84 Å². The molecule has 0 fully saturated rings. The highest BCUT2D eigenvalue weighted by Gasteiger charge is 2.30. The lowest BCUT2D eigenvalue weighted by Gasteiger charge is -2.22. The molecule has 1 heterocycles. The van der Waals surface area contributed by atoms with Gasteiger partial charge in [0.25, 0.3) is 5.91 Å². The van der Waals surface area contributed by atoms with Crippen LogP contribution >= 0.6 is 15.9 Å². The fourth-order valence-electron chi connectivity index (χ4n) is 1.02. The minimum absolute atomic E-state index is 0.0707. The average molecular weight is 323 g/mol. The van der Waals surface area contributed by atoms with Gasteiger partial charge in [-0.3, -0.25) is 4.79 Å². The summed E-state index contributed by atoms with van der Waals surface area (Å²) in [6.07, 6.45) is 2.79. The van der Waals surface area contributed by atoms with E-state index in [0.29, 0.717) is 5.69 Å². The van der Waals surface area contributed by atoms with Crippen molar-refractivity contribution in [3.05, 3.63) is 22.4 Å². The van der Waals surface area contributed by atoms with E-state index in [2.05, 4.69) is 26.2 Å². The van der Waals surface area contributed by atoms with E-state index in [1.54, 1.807) is 26.1 Å². The number of sulfone groups is 1. The molecule has 17 heavy (non-hydrogen) atoms. The van der Waals surface area contributed by atoms with E-state index in [1.165, 1.54) is 0 Å². The molecule has 1 rings (SSSR count). The summed E-state index contributed by atoms with van der Waals surface area (Å²) in [4.78, 5) is 14.4. The number of rotatable bonds is 4. The molecular weight excluding hydrogens is 308 g/mol. The molecule has 0 aliphatic heterocycles. The quantitative estimate of drug-likeness (QED) is 0.877. The lowest BCUT2D eigenvalue weighted by Crippen LogP contribution is -2.43. The van der Waals surface area contributed by atoms with Crippen molar-refractivity contribution in [2.75, 3.05) is 12.8 Å². The maximum absolute atomic E-state index is 11.7. The molecule has 1 aromatic heterocycles. The Morgan fingerprint density at radius 1 is 1.53 bits per heavy atom. The van der Waals surface area contributed by atoms with E-state index in [1.807, 2.05) is 0 Å². The molecule has 0 unspecified atom stereocenters. The van der Waals surface area contributed by atoms with Crippen molar-refractivity contribution in [2.24, 2.45) is 0 Å². The molecule has 1 amide bonds. The first-order valence-electron chi connectivity index (χ1n) is 4.95. The Balaban J connectivity index is 2.67. The number of aromatic nitrogens is 1. The zero-order valence-corrected chi connectivity index (χ0v) is 12.3. The van der Waals surface area contributed by atoms with E-state index in [0.717, 1.165) is 10.7 Å². The highest BCUT2D eigenvalue weighted by atomic mass is 79.9. The van der Waals surface area contributed by atoms with Gasteiger partial charge in [0.1, 0.15) is 5.69 Å². The van der Waals surface area contributed by atoms with Crippen LogP contribution in [0.2, 0.25) is 0 Å². The van der Waals surface area contributed by atoms with Crippen LogP contribution < -0.4 is 5.32 Å². The lowest BCUT2D eigenvalue weighted by atomic mass is 10.2. The van der Waals surface area contributed by atoms with Crippen LogP contribution in [0.1, 0.15) is 24.3 Å². The van der Waals surface area contributed by atoms with Gasteiger partial charge in [-0.1, -0.05) is 0 Å². The van der Waals surface area contributed by atoms with Crippen LogP contribution in [0.4, 0.5) is 0 Å². The Kier molecular flexibility index (Phi) is 4.03. The molecule has 7 heteroatoms. The second-order valence-electron chi connectivity index (χ2n) is 4.45. The minimum atomic E-state index is -3.21. The predicted octanol–water partition coefficient (Wildman–Crippen LogP) is 1.33. The molecule has 0 radical (unpaired) electrons. The topological polar surface area (TPSA) is 79.0 Å². The Hall–Kier alpha value is -0.820. The minimum Gasteiger partial charge on any atom is -0.356 e. The van der Waals surface area contributed by atoms with Crippen molar-refractivity contribution < 1.29 is 13.2 Å². The molecule has 0 spiro atoms. The third-order valence-corrected chi connectivity index (χ3v) is 5.18. The first-order chi connectivity index (χ1) is 7.63. The predicted molar refractivity (Wildman–Crippen MR) is 69.7 cm³/mol. The number of H-pyrrole nitrogens is 1. The number of carbonyl (C=O) groups excluding carboxylic acids is 1. The van der Waals surface area contributed by atoms with Gasteiger partial charge in [0.05, 0.1) is 4.75 Å². The second-order valence-corrected chi connectivity index (χ2v) is 8.01. The monoisotopic (exact) mass is 322 g/mol. The Labute approximate surface area is 109 Å². The van der Waals surface area contributed by atoms with Crippen molar-refractivity contribution >= 4 is 31.7 Å². The largest absolute Gasteiger partial charge is 0.356 e. The molecular formula is C10H15BrN2O3S. The van der Waals surface area contributed by atoms with E-state index < -0.39 is 14.6 Å². The molecule has 0 saturated carbocycles. The van der Waals surface area contributed by atoms with Crippen molar-refractivity contribution in [2.45, 2.75) is 18.6 Å². The number of nitrogens with one attached hydrogen (secondary N) is 2. The fourth-order valence-corrected chi connectivity index (χ4v) is 1.70. The van der Waals surface area contributed by atoms with Crippen LogP contribution in [0.15, 0.2) is 16.7 Å². The van der Waals surface area contributed by atoms with Crippen molar-refractivity contribution in [3.8, 4) is 0 Å². The number of carbonyl (C=O) groups is 1. The summed E-state index contributed by atoms with van der Waals surface area (Å²) in [5, 5.41) is 2.59. The van der Waals surface area contributed by atoms with Gasteiger partial charge in [-0.25, -0.2) is 8.42 Å². The summed E-state index contributed by atoms with van der Waals surface area (Å²) in [5.41, 5.74) is 0.390. The molecule has 0 aliphatic rings. The van der Waals surface area contributed by atoms with Gasteiger partial charge in [-0.2, -0.15) is 0 Å². The number of hydrogen-bond donors (Lipinski definition) is 2. The van der Waals surface area contributed by atoms with Crippen LogP contribution in [0.3, 0.4) is 0 Å². The van der Waals surface area contributed by atoms with E-state index in [9.17, 15) is 13.2 Å². The standard InChI is InChI=1S/C10H15BrN2O3S/c1-10(2,17(3,15)16)6-13-9(14)8-4-7(11)5-12-8/h4-5,12H,6H2,1-3H3,(H,13,14). The van der Waals surface area contributed by atoms with Gasteiger partial charge in [0, 0.05) is 23.5 Å². The van der Waals surface area contributed by atoms with E-state index in [-0.39, 0.29) is 12.5 Å². The van der Waals surface area contributed by atoms with Gasteiger partial charge in [-0.05, 0) is 35.8 Å². The molecule has 1 aromatic rings. The number of aromatic amines is 1. The maximum Gasteiger partial charge on any atom is 0.267 e. The van der Waals surface area contributed by atoms with Gasteiger partial charge in [0.15, 0.2) is 9.84 Å². The zero-order chi connectivity index (χ0) is 13.3. The van der Waals surface area contributed by atoms with Gasteiger partial charge < -0.3 is 10.3 Å². The van der Waals surface area contributed by atoms with Crippen LogP contribution in [0.5, 0.6) is 0 Å². The number of amides is 1. The van der Waals surface area contributed by atoms with Gasteiger partial charge in [-0.15, -0.1) is 0 Å². The van der Waals surface area contributed by atoms with Gasteiger partial charge in [0.2, 0.25) is 0 Å². The highest BCUT2D eigenvalue weighted by Crippen LogP contribution is 2.14. The summed E-state index contributed by atoms with van der Waals surface area (Å²) >= 11 is 3.22. The highest BCUT2D eigenvalue weighted by molar-refractivity contribution is 9.10. The molecule has 0 aromatic carbocycles. The van der Waals surface area contributed by atoms with Crippen molar-refractivity contribution in [3.63, 3.8) is 0 Å². The van der Waals surface area contributed by atoms with Crippen LogP contribution in [0.25, 0.3) is 0 Å². The smallest absolute Gasteiger partial charge is 0.267 e. The van der Waals surface area contributed by atoms with Crippen LogP contribution in [0, 0.1) is 0 Å². The Bertz CT molecular complexity index is 519. The second kappa shape index (κ2) is 4.81. The van der Waals surface area contributed by atoms with Crippen molar-refractivity contribution in [1.82, 2.24) is 10.3 Å². The average Bonchev–Trinajstić information content (AvgIpc) is 2.59. The SMILES string of the molecule is CC(C)(CNC(=O)c1cc(Br)c[nH]1)S(C)(=O)=O. The summed E-state index contributed by atoms with van der Waals surface area (Å²) < 4.78 is 22.7. The summed E-state index contributed by atoms with van der Waals surface area (Å²) in [6.45, 7) is 3.22. The first kappa shape index (κ1) is 14.2. The third-order valence-electron chi connectivity index (χ3n) is 2.57. The molecule has 0 aliphatic carbocycles. The molecule has 0 atom stereocenters. The fraction of sp³-hybridized carbons (Fsp3) is 0.500. The van der Waals surface area contributed by atoms with Crippen molar-refractivity contribution in [1.29, 1.82) is 0 Å². The molecule has 0 saturated heterocycles. The van der Waals surface area contributed by atoms with Crippen LogP contribution in [-0.4, -0.2) is 36.9 Å². The number of halogens is 1. The lowest BCUT2D eigenvalue weighted by molar-refractivity contribution is 0.0946. The number of hydrogen-bond acceptors (Lipinski definition) is 3. The van der Waals surface area contributed by atoms with E-state index in [4.69, 9.17) is 0 Å². The summed E-state index contributed by atoms with van der Waals surface area (Å²) in [6, 6.07) is 1.63. The molecule has 96 valence electrons.